The van der Waals surface area contributed by atoms with Crippen LogP contribution in [-0.2, 0) is 9.53 Å². The van der Waals surface area contributed by atoms with Gasteiger partial charge in [0.2, 0.25) is 0 Å². The van der Waals surface area contributed by atoms with E-state index >= 15 is 0 Å². The van der Waals surface area contributed by atoms with Crippen LogP contribution in [-0.4, -0.2) is 16.7 Å². The summed E-state index contributed by atoms with van der Waals surface area (Å²) in [7, 11) is 0. The monoisotopic (exact) mass is 312 g/mol. The molecule has 4 nitrogen and oxygen atoms in total. The quantitative estimate of drug-likeness (QED) is 0.725. The molecular weight excluding hydrogens is 300 g/mol. The van der Waals surface area contributed by atoms with Gasteiger partial charge in [0, 0.05) is 10.6 Å². The number of aromatic nitrogens is 2. The van der Waals surface area contributed by atoms with Gasteiger partial charge >= 0.3 is 0 Å². The smallest absolute Gasteiger partial charge is 0.294 e. The van der Waals surface area contributed by atoms with E-state index in [0.29, 0.717) is 22.8 Å². The molecule has 0 aliphatic carbocycles. The van der Waals surface area contributed by atoms with Gasteiger partial charge in [0.05, 0.1) is 5.69 Å². The minimum atomic E-state index is -0.639. The Kier molecular flexibility index (Phi) is 4.21. The molecule has 1 atom stereocenters. The van der Waals surface area contributed by atoms with E-state index in [1.54, 1.807) is 6.07 Å². The van der Waals surface area contributed by atoms with Gasteiger partial charge in [0.15, 0.2) is 6.10 Å². The largest absolute Gasteiger partial charge is 0.453 e. The summed E-state index contributed by atoms with van der Waals surface area (Å²) >= 11 is 6.19. The van der Waals surface area contributed by atoms with Gasteiger partial charge in [0.1, 0.15) is 5.69 Å². The predicted molar refractivity (Wildman–Crippen MR) is 84.5 cm³/mol. The molecule has 1 heterocycles. The molecule has 1 unspecified atom stereocenters. The summed E-state index contributed by atoms with van der Waals surface area (Å²) in [4.78, 5) is 10.8. The zero-order chi connectivity index (χ0) is 15.4. The summed E-state index contributed by atoms with van der Waals surface area (Å²) in [6.07, 6.45) is -0.639. The molecule has 0 saturated heterocycles. The van der Waals surface area contributed by atoms with Crippen LogP contribution in [0.4, 0.5) is 0 Å². The number of H-pyrrole nitrogens is 1. The molecule has 0 bridgehead atoms. The highest BCUT2D eigenvalue weighted by Gasteiger charge is 2.21. The molecule has 0 saturated carbocycles. The van der Waals surface area contributed by atoms with Crippen LogP contribution in [0.2, 0.25) is 5.02 Å². The number of rotatable bonds is 5. The van der Waals surface area contributed by atoms with Crippen molar-refractivity contribution in [1.29, 1.82) is 0 Å². The Morgan fingerprint density at radius 3 is 2.55 bits per heavy atom. The average Bonchev–Trinajstić information content (AvgIpc) is 3.04. The summed E-state index contributed by atoms with van der Waals surface area (Å²) in [6, 6.07) is 18.9. The second kappa shape index (κ2) is 6.45. The molecule has 3 aromatic rings. The zero-order valence-corrected chi connectivity index (χ0v) is 12.3. The third-order valence-corrected chi connectivity index (χ3v) is 3.67. The molecule has 1 N–H and O–H groups in total. The summed E-state index contributed by atoms with van der Waals surface area (Å²) < 4.78 is 5.20. The van der Waals surface area contributed by atoms with Gasteiger partial charge in [-0.2, -0.15) is 5.10 Å². The van der Waals surface area contributed by atoms with Crippen molar-refractivity contribution in [3.8, 4) is 11.3 Å². The van der Waals surface area contributed by atoms with Gasteiger partial charge in [-0.15, -0.1) is 0 Å². The van der Waals surface area contributed by atoms with Crippen molar-refractivity contribution in [2.75, 3.05) is 0 Å². The third-order valence-electron chi connectivity index (χ3n) is 3.33. The first-order valence-corrected chi connectivity index (χ1v) is 7.11. The minimum absolute atomic E-state index is 0.408. The fourth-order valence-corrected chi connectivity index (χ4v) is 2.52. The molecular formula is C17H13ClN2O2. The number of nitrogens with zero attached hydrogens (tertiary/aromatic N) is 1. The van der Waals surface area contributed by atoms with Crippen LogP contribution in [0.1, 0.15) is 17.4 Å². The van der Waals surface area contributed by atoms with Crippen molar-refractivity contribution in [1.82, 2.24) is 10.2 Å². The lowest BCUT2D eigenvalue weighted by atomic mass is 10.1. The van der Waals surface area contributed by atoms with E-state index in [2.05, 4.69) is 10.2 Å². The van der Waals surface area contributed by atoms with Crippen molar-refractivity contribution in [2.45, 2.75) is 6.10 Å². The first-order valence-electron chi connectivity index (χ1n) is 6.74. The van der Waals surface area contributed by atoms with Crippen LogP contribution in [0, 0.1) is 0 Å². The lowest BCUT2D eigenvalue weighted by Gasteiger charge is -2.14. The van der Waals surface area contributed by atoms with Crippen molar-refractivity contribution >= 4 is 18.1 Å². The standard InChI is InChI=1S/C17H13ClN2O2/c18-14-9-5-4-8-13(14)17(22-11-21)16-10-15(19-20-16)12-6-2-1-3-7-12/h1-11,17H,(H,19,20). The SMILES string of the molecule is O=COC(c1cc(-c2ccccc2)[nH]n1)c1ccccc1Cl. The Balaban J connectivity index is 1.98. The fourth-order valence-electron chi connectivity index (χ4n) is 2.28. The maximum Gasteiger partial charge on any atom is 0.294 e. The van der Waals surface area contributed by atoms with Gasteiger partial charge < -0.3 is 4.74 Å². The van der Waals surface area contributed by atoms with E-state index < -0.39 is 6.10 Å². The number of ether oxygens (including phenoxy) is 1. The number of hydrogen-bond acceptors (Lipinski definition) is 3. The summed E-state index contributed by atoms with van der Waals surface area (Å²) in [6.45, 7) is 0.408. The van der Waals surface area contributed by atoms with E-state index in [0.717, 1.165) is 11.3 Å². The zero-order valence-electron chi connectivity index (χ0n) is 11.6. The topological polar surface area (TPSA) is 55.0 Å². The summed E-state index contributed by atoms with van der Waals surface area (Å²) in [5.41, 5.74) is 3.15. The summed E-state index contributed by atoms with van der Waals surface area (Å²) in [5, 5.41) is 7.75. The number of carbonyl (C=O) groups is 1. The fraction of sp³-hybridized carbons (Fsp3) is 0.0588. The maximum absolute atomic E-state index is 10.8. The molecule has 3 rings (SSSR count). The Bertz CT molecular complexity index is 771. The first kappa shape index (κ1) is 14.4. The van der Waals surface area contributed by atoms with E-state index in [1.807, 2.05) is 54.6 Å². The molecule has 0 spiro atoms. The number of benzene rings is 2. The van der Waals surface area contributed by atoms with Crippen LogP contribution in [0.5, 0.6) is 0 Å². The van der Waals surface area contributed by atoms with Crippen molar-refractivity contribution in [3.63, 3.8) is 0 Å². The van der Waals surface area contributed by atoms with Crippen molar-refractivity contribution in [3.05, 3.63) is 76.9 Å². The second-order valence-corrected chi connectivity index (χ2v) is 5.11. The minimum Gasteiger partial charge on any atom is -0.453 e. The van der Waals surface area contributed by atoms with Gasteiger partial charge in [-0.25, -0.2) is 0 Å². The number of nitrogens with one attached hydrogen (secondary N) is 1. The molecule has 0 radical (unpaired) electrons. The lowest BCUT2D eigenvalue weighted by molar-refractivity contribution is -0.132. The molecule has 0 aliphatic rings. The molecule has 2 aromatic carbocycles. The lowest BCUT2D eigenvalue weighted by Crippen LogP contribution is -2.06. The van der Waals surface area contributed by atoms with Crippen molar-refractivity contribution in [2.24, 2.45) is 0 Å². The van der Waals surface area contributed by atoms with Gasteiger partial charge in [-0.05, 0) is 17.7 Å². The Morgan fingerprint density at radius 1 is 1.09 bits per heavy atom. The molecule has 22 heavy (non-hydrogen) atoms. The van der Waals surface area contributed by atoms with E-state index in [1.165, 1.54) is 0 Å². The number of aromatic amines is 1. The highest BCUT2D eigenvalue weighted by molar-refractivity contribution is 6.31. The Hall–Kier alpha value is -2.59. The van der Waals surface area contributed by atoms with Crippen molar-refractivity contribution < 1.29 is 9.53 Å². The molecule has 0 fully saturated rings. The third kappa shape index (κ3) is 2.87. The van der Waals surface area contributed by atoms with Crippen LogP contribution in [0.15, 0.2) is 60.7 Å². The molecule has 0 aliphatic heterocycles. The number of carbonyl (C=O) groups excluding carboxylic acids is 1. The van der Waals surface area contributed by atoms with Crippen LogP contribution in [0.3, 0.4) is 0 Å². The summed E-state index contributed by atoms with van der Waals surface area (Å²) in [5.74, 6) is 0. The van der Waals surface area contributed by atoms with E-state index in [9.17, 15) is 4.79 Å². The number of halogens is 1. The Morgan fingerprint density at radius 2 is 1.82 bits per heavy atom. The van der Waals surface area contributed by atoms with Gasteiger partial charge in [-0.1, -0.05) is 60.1 Å². The maximum atomic E-state index is 10.8. The van der Waals surface area contributed by atoms with Crippen LogP contribution < -0.4 is 0 Å². The van der Waals surface area contributed by atoms with E-state index in [-0.39, 0.29) is 0 Å². The molecule has 5 heteroatoms. The van der Waals surface area contributed by atoms with Gasteiger partial charge in [0.25, 0.3) is 6.47 Å². The molecule has 0 amide bonds. The van der Waals surface area contributed by atoms with E-state index in [4.69, 9.17) is 16.3 Å². The Labute approximate surface area is 132 Å². The predicted octanol–water partition coefficient (Wildman–Crippen LogP) is 3.99. The molecule has 110 valence electrons. The second-order valence-electron chi connectivity index (χ2n) is 4.71. The van der Waals surface area contributed by atoms with Crippen LogP contribution >= 0.6 is 11.6 Å². The highest BCUT2D eigenvalue weighted by Crippen LogP contribution is 2.31. The first-order chi connectivity index (χ1) is 10.8. The van der Waals surface area contributed by atoms with Crippen LogP contribution in [0.25, 0.3) is 11.3 Å². The average molecular weight is 313 g/mol. The highest BCUT2D eigenvalue weighted by atomic mass is 35.5. The number of hydrogen-bond donors (Lipinski definition) is 1. The molecule has 1 aromatic heterocycles. The normalized spacial score (nSPS) is 11.9. The van der Waals surface area contributed by atoms with Gasteiger partial charge in [-0.3, -0.25) is 9.89 Å².